The van der Waals surface area contributed by atoms with Crippen LogP contribution in [0.1, 0.15) is 15.9 Å². The molecule has 0 aromatic heterocycles. The first-order chi connectivity index (χ1) is 12.5. The summed E-state index contributed by atoms with van der Waals surface area (Å²) in [7, 11) is 0. The van der Waals surface area contributed by atoms with Crippen molar-refractivity contribution in [2.75, 3.05) is 37.7 Å². The minimum atomic E-state index is -1.18. The van der Waals surface area contributed by atoms with Gasteiger partial charge in [-0.05, 0) is 36.2 Å². The number of piperazine rings is 1. The van der Waals surface area contributed by atoms with Crippen LogP contribution >= 0.6 is 0 Å². The van der Waals surface area contributed by atoms with Crippen LogP contribution in [0.5, 0.6) is 5.75 Å². The number of carboxylic acid groups (broad SMARTS) is 1. The van der Waals surface area contributed by atoms with Gasteiger partial charge in [-0.1, -0.05) is 30.3 Å². The molecule has 0 aliphatic carbocycles. The number of rotatable bonds is 5. The minimum Gasteiger partial charge on any atom is -0.545 e. The van der Waals surface area contributed by atoms with Gasteiger partial charge in [0.25, 0.3) is 5.91 Å². The Morgan fingerprint density at radius 3 is 2.27 bits per heavy atom. The van der Waals surface area contributed by atoms with E-state index in [4.69, 9.17) is 4.74 Å². The molecule has 0 spiro atoms. The molecule has 0 unspecified atom stereocenters. The quantitative estimate of drug-likeness (QED) is 0.804. The molecule has 1 heterocycles. The smallest absolute Gasteiger partial charge is 0.260 e. The lowest BCUT2D eigenvalue weighted by atomic mass is 10.2. The molecule has 1 fully saturated rings. The lowest BCUT2D eigenvalue weighted by Crippen LogP contribution is -2.50. The molecule has 0 radical (unpaired) electrons. The number of carbonyl (C=O) groups excluding carboxylic acids is 2. The van der Waals surface area contributed by atoms with Crippen molar-refractivity contribution in [3.05, 3.63) is 59.7 Å². The van der Waals surface area contributed by atoms with Gasteiger partial charge in [-0.2, -0.15) is 0 Å². The van der Waals surface area contributed by atoms with Crippen LogP contribution in [0, 0.1) is 6.92 Å². The largest absolute Gasteiger partial charge is 0.545 e. The average molecular weight is 353 g/mol. The summed E-state index contributed by atoms with van der Waals surface area (Å²) in [5, 5.41) is 10.8. The number of aryl methyl sites for hydroxylation is 1. The highest BCUT2D eigenvalue weighted by Gasteiger charge is 2.21. The summed E-state index contributed by atoms with van der Waals surface area (Å²) in [6.45, 7) is 4.59. The topological polar surface area (TPSA) is 72.9 Å². The standard InChI is InChI=1S/C20H22N2O4/c1-15-4-2-3-5-18(15)26-14-19(23)22-12-10-21(11-13-22)17-8-6-16(7-9-17)20(24)25/h2-9H,10-14H2,1H3,(H,24,25)/p-1. The van der Waals surface area contributed by atoms with Crippen molar-refractivity contribution in [3.63, 3.8) is 0 Å². The van der Waals surface area contributed by atoms with E-state index < -0.39 is 5.97 Å². The van der Waals surface area contributed by atoms with Gasteiger partial charge in [0, 0.05) is 31.9 Å². The predicted octanol–water partition coefficient (Wildman–Crippen LogP) is 1.09. The van der Waals surface area contributed by atoms with Crippen LogP contribution < -0.4 is 14.7 Å². The van der Waals surface area contributed by atoms with E-state index in [-0.39, 0.29) is 18.1 Å². The summed E-state index contributed by atoms with van der Waals surface area (Å²) < 4.78 is 5.63. The zero-order valence-corrected chi connectivity index (χ0v) is 14.7. The van der Waals surface area contributed by atoms with Gasteiger partial charge in [0.2, 0.25) is 0 Å². The van der Waals surface area contributed by atoms with Crippen LogP contribution in [0.4, 0.5) is 5.69 Å². The van der Waals surface area contributed by atoms with Crippen molar-refractivity contribution >= 4 is 17.6 Å². The second-order valence-electron chi connectivity index (χ2n) is 6.26. The van der Waals surface area contributed by atoms with Gasteiger partial charge in [0.05, 0.1) is 5.97 Å². The lowest BCUT2D eigenvalue weighted by molar-refractivity contribution is -0.255. The molecule has 26 heavy (non-hydrogen) atoms. The summed E-state index contributed by atoms with van der Waals surface area (Å²) in [4.78, 5) is 27.1. The summed E-state index contributed by atoms with van der Waals surface area (Å²) in [5.74, 6) is -0.478. The van der Waals surface area contributed by atoms with Gasteiger partial charge in [0.15, 0.2) is 6.61 Å². The summed E-state index contributed by atoms with van der Waals surface area (Å²) >= 11 is 0. The molecule has 2 aromatic carbocycles. The van der Waals surface area contributed by atoms with Gasteiger partial charge in [0.1, 0.15) is 5.75 Å². The van der Waals surface area contributed by atoms with Crippen molar-refractivity contribution in [1.82, 2.24) is 4.90 Å². The first-order valence-electron chi connectivity index (χ1n) is 8.57. The Kier molecular flexibility index (Phi) is 5.41. The molecule has 0 saturated carbocycles. The van der Waals surface area contributed by atoms with E-state index in [1.165, 1.54) is 12.1 Å². The van der Waals surface area contributed by atoms with E-state index in [0.717, 1.165) is 17.0 Å². The van der Waals surface area contributed by atoms with E-state index in [1.54, 1.807) is 17.0 Å². The lowest BCUT2D eigenvalue weighted by Gasteiger charge is -2.36. The van der Waals surface area contributed by atoms with Crippen molar-refractivity contribution in [3.8, 4) is 5.75 Å². The van der Waals surface area contributed by atoms with E-state index in [1.807, 2.05) is 31.2 Å². The second kappa shape index (κ2) is 7.91. The molecule has 1 aliphatic heterocycles. The molecule has 1 amide bonds. The second-order valence-corrected chi connectivity index (χ2v) is 6.26. The minimum absolute atomic E-state index is 0.0276. The SMILES string of the molecule is Cc1ccccc1OCC(=O)N1CCN(c2ccc(C(=O)[O-])cc2)CC1. The van der Waals surface area contributed by atoms with Gasteiger partial charge in [-0.15, -0.1) is 0 Å². The third kappa shape index (κ3) is 4.14. The van der Waals surface area contributed by atoms with Gasteiger partial charge >= 0.3 is 0 Å². The molecule has 1 saturated heterocycles. The van der Waals surface area contributed by atoms with Gasteiger partial charge in [-0.25, -0.2) is 0 Å². The molecule has 3 rings (SSSR count). The zero-order chi connectivity index (χ0) is 18.5. The van der Waals surface area contributed by atoms with Crippen molar-refractivity contribution in [2.24, 2.45) is 0 Å². The first kappa shape index (κ1) is 17.8. The van der Waals surface area contributed by atoms with Crippen molar-refractivity contribution in [1.29, 1.82) is 0 Å². The number of hydrogen-bond acceptors (Lipinski definition) is 5. The molecule has 6 nitrogen and oxygen atoms in total. The highest BCUT2D eigenvalue weighted by molar-refractivity contribution is 5.86. The molecule has 2 aromatic rings. The van der Waals surface area contributed by atoms with Gasteiger partial charge in [-0.3, -0.25) is 4.79 Å². The van der Waals surface area contributed by atoms with Crippen LogP contribution in [0.3, 0.4) is 0 Å². The van der Waals surface area contributed by atoms with Crippen LogP contribution in [0.15, 0.2) is 48.5 Å². The van der Waals surface area contributed by atoms with E-state index in [2.05, 4.69) is 4.90 Å². The number of nitrogens with zero attached hydrogens (tertiary/aromatic N) is 2. The fraction of sp³-hybridized carbons (Fsp3) is 0.300. The highest BCUT2D eigenvalue weighted by Crippen LogP contribution is 2.18. The van der Waals surface area contributed by atoms with Crippen molar-refractivity contribution < 1.29 is 19.4 Å². The van der Waals surface area contributed by atoms with Crippen LogP contribution in [-0.4, -0.2) is 49.6 Å². The molecule has 6 heteroatoms. The number of carbonyl (C=O) groups is 2. The normalized spacial score (nSPS) is 14.2. The monoisotopic (exact) mass is 353 g/mol. The number of amides is 1. The number of carboxylic acids is 1. The summed E-state index contributed by atoms with van der Waals surface area (Å²) in [5.41, 5.74) is 2.11. The van der Waals surface area contributed by atoms with E-state index >= 15 is 0 Å². The van der Waals surface area contributed by atoms with Crippen LogP contribution in [-0.2, 0) is 4.79 Å². The number of ether oxygens (including phenoxy) is 1. The number of aromatic carboxylic acids is 1. The molecule has 0 bridgehead atoms. The Hall–Kier alpha value is -3.02. The van der Waals surface area contributed by atoms with E-state index in [9.17, 15) is 14.7 Å². The summed E-state index contributed by atoms with van der Waals surface area (Å²) in [6.07, 6.45) is 0. The fourth-order valence-electron chi connectivity index (χ4n) is 2.97. The first-order valence-corrected chi connectivity index (χ1v) is 8.57. The maximum Gasteiger partial charge on any atom is 0.260 e. The number of anilines is 1. The average Bonchev–Trinajstić information content (AvgIpc) is 2.67. The van der Waals surface area contributed by atoms with Crippen LogP contribution in [0.2, 0.25) is 0 Å². The maximum absolute atomic E-state index is 12.4. The predicted molar refractivity (Wildman–Crippen MR) is 96.2 cm³/mol. The number of benzene rings is 2. The summed E-state index contributed by atoms with van der Waals surface area (Å²) in [6, 6.07) is 14.2. The van der Waals surface area contributed by atoms with Crippen molar-refractivity contribution in [2.45, 2.75) is 6.92 Å². The number of para-hydroxylation sites is 1. The maximum atomic E-state index is 12.4. The zero-order valence-electron chi connectivity index (χ0n) is 14.7. The van der Waals surface area contributed by atoms with E-state index in [0.29, 0.717) is 26.2 Å². The molecule has 1 aliphatic rings. The molecular formula is C20H21N2O4-. The van der Waals surface area contributed by atoms with Crippen LogP contribution in [0.25, 0.3) is 0 Å². The Morgan fingerprint density at radius 1 is 1.00 bits per heavy atom. The molecule has 0 N–H and O–H groups in total. The third-order valence-corrected chi connectivity index (χ3v) is 4.55. The Labute approximate surface area is 152 Å². The molecule has 136 valence electrons. The highest BCUT2D eigenvalue weighted by atomic mass is 16.5. The third-order valence-electron chi connectivity index (χ3n) is 4.55. The fourth-order valence-corrected chi connectivity index (χ4v) is 2.97. The number of hydrogen-bond donors (Lipinski definition) is 0. The Morgan fingerprint density at radius 2 is 1.65 bits per heavy atom. The Bertz CT molecular complexity index is 781. The molecular weight excluding hydrogens is 332 g/mol. The van der Waals surface area contributed by atoms with Gasteiger partial charge < -0.3 is 24.4 Å². The molecule has 0 atom stereocenters. The Balaban J connectivity index is 1.50.